The second-order valence-electron chi connectivity index (χ2n) is 6.51. The first-order valence-electron chi connectivity index (χ1n) is 8.51. The Balaban J connectivity index is 1.50. The zero-order valence-electron chi connectivity index (χ0n) is 14.4. The molecule has 0 radical (unpaired) electrons. The molecule has 2 aromatic rings. The Morgan fingerprint density at radius 2 is 2.04 bits per heavy atom. The fourth-order valence-electron chi connectivity index (χ4n) is 3.70. The molecule has 2 atom stereocenters. The summed E-state index contributed by atoms with van der Waals surface area (Å²) in [5, 5.41) is 0. The van der Waals surface area contributed by atoms with E-state index in [1.54, 1.807) is 14.2 Å². The second kappa shape index (κ2) is 6.35. The van der Waals surface area contributed by atoms with Crippen molar-refractivity contribution in [3.05, 3.63) is 47.4 Å². The van der Waals surface area contributed by atoms with Gasteiger partial charge in [0, 0.05) is 18.9 Å². The third-order valence-electron chi connectivity index (χ3n) is 5.11. The minimum absolute atomic E-state index is 0.0356. The molecule has 0 saturated heterocycles. The smallest absolute Gasteiger partial charge is 0.226 e. The fourth-order valence-corrected chi connectivity index (χ4v) is 3.70. The molecular weight excluding hydrogens is 318 g/mol. The van der Waals surface area contributed by atoms with E-state index < -0.39 is 0 Å². The topological polar surface area (TPSA) is 64.5 Å². The maximum atomic E-state index is 13.0. The van der Waals surface area contributed by atoms with Crippen molar-refractivity contribution in [3.8, 4) is 11.6 Å². The fraction of sp³-hybridized carbons (Fsp3) is 0.421. The van der Waals surface area contributed by atoms with E-state index in [2.05, 4.69) is 16.0 Å². The summed E-state index contributed by atoms with van der Waals surface area (Å²) in [4.78, 5) is 23.4. The molecule has 1 saturated carbocycles. The van der Waals surface area contributed by atoms with E-state index >= 15 is 0 Å². The highest BCUT2D eigenvalue weighted by atomic mass is 16.5. The standard InChI is InChI=1S/C19H21N3O3/c1-24-17-6-4-3-5-12(17)13-9-14(13)19(23)22-8-7-16-15(10-22)18(25-2)21-11-20-16/h3-6,11,13-14H,7-10H2,1-2H3/t13-,14+/m0/s1. The summed E-state index contributed by atoms with van der Waals surface area (Å²) in [6.45, 7) is 1.22. The second-order valence-corrected chi connectivity index (χ2v) is 6.51. The van der Waals surface area contributed by atoms with E-state index in [1.807, 2.05) is 23.1 Å². The molecule has 1 aliphatic carbocycles. The molecule has 6 nitrogen and oxygen atoms in total. The molecule has 130 valence electrons. The van der Waals surface area contributed by atoms with Crippen LogP contribution in [0.5, 0.6) is 11.6 Å². The number of carbonyl (C=O) groups excluding carboxylic acids is 1. The van der Waals surface area contributed by atoms with Crippen LogP contribution in [0.3, 0.4) is 0 Å². The number of benzene rings is 1. The third-order valence-corrected chi connectivity index (χ3v) is 5.11. The lowest BCUT2D eigenvalue weighted by Gasteiger charge is -2.29. The van der Waals surface area contributed by atoms with Crippen LogP contribution in [-0.4, -0.2) is 41.5 Å². The maximum Gasteiger partial charge on any atom is 0.226 e. The summed E-state index contributed by atoms with van der Waals surface area (Å²) in [6.07, 6.45) is 3.14. The average molecular weight is 339 g/mol. The Labute approximate surface area is 146 Å². The summed E-state index contributed by atoms with van der Waals surface area (Å²) in [7, 11) is 3.27. The lowest BCUT2D eigenvalue weighted by molar-refractivity contribution is -0.133. The van der Waals surface area contributed by atoms with E-state index in [0.717, 1.165) is 35.4 Å². The zero-order chi connectivity index (χ0) is 17.4. The van der Waals surface area contributed by atoms with Crippen LogP contribution < -0.4 is 9.47 Å². The number of nitrogens with zero attached hydrogens (tertiary/aromatic N) is 3. The Kier molecular flexibility index (Phi) is 4.03. The molecule has 1 aromatic carbocycles. The molecule has 0 spiro atoms. The lowest BCUT2D eigenvalue weighted by Crippen LogP contribution is -2.37. The number of carbonyl (C=O) groups is 1. The number of aromatic nitrogens is 2. The molecule has 1 aromatic heterocycles. The van der Waals surface area contributed by atoms with Gasteiger partial charge in [0.05, 0.1) is 32.0 Å². The normalized spacial score (nSPS) is 21.4. The van der Waals surface area contributed by atoms with E-state index in [1.165, 1.54) is 6.33 Å². The monoisotopic (exact) mass is 339 g/mol. The van der Waals surface area contributed by atoms with E-state index in [9.17, 15) is 4.79 Å². The summed E-state index contributed by atoms with van der Waals surface area (Å²) in [5.74, 6) is 1.92. The van der Waals surface area contributed by atoms with Crippen molar-refractivity contribution in [1.82, 2.24) is 14.9 Å². The van der Waals surface area contributed by atoms with Gasteiger partial charge < -0.3 is 14.4 Å². The number of ether oxygens (including phenoxy) is 2. The van der Waals surface area contributed by atoms with Gasteiger partial charge in [-0.3, -0.25) is 4.79 Å². The number of fused-ring (bicyclic) bond motifs is 1. The molecule has 25 heavy (non-hydrogen) atoms. The van der Waals surface area contributed by atoms with Gasteiger partial charge in [-0.1, -0.05) is 18.2 Å². The highest BCUT2D eigenvalue weighted by molar-refractivity contribution is 5.83. The zero-order valence-corrected chi connectivity index (χ0v) is 14.4. The van der Waals surface area contributed by atoms with Gasteiger partial charge in [0.1, 0.15) is 12.1 Å². The number of para-hydroxylation sites is 1. The number of amides is 1. The number of methoxy groups -OCH3 is 2. The molecule has 0 N–H and O–H groups in total. The summed E-state index contributed by atoms with van der Waals surface area (Å²) in [5.41, 5.74) is 3.04. The molecule has 4 rings (SSSR count). The summed E-state index contributed by atoms with van der Waals surface area (Å²) >= 11 is 0. The Morgan fingerprint density at radius 1 is 1.20 bits per heavy atom. The van der Waals surface area contributed by atoms with Crippen LogP contribution in [0.1, 0.15) is 29.2 Å². The van der Waals surface area contributed by atoms with Crippen LogP contribution in [0.25, 0.3) is 0 Å². The summed E-state index contributed by atoms with van der Waals surface area (Å²) < 4.78 is 10.8. The van der Waals surface area contributed by atoms with Crippen LogP contribution >= 0.6 is 0 Å². The molecule has 2 heterocycles. The van der Waals surface area contributed by atoms with Gasteiger partial charge in [0.2, 0.25) is 11.8 Å². The highest BCUT2D eigenvalue weighted by Gasteiger charge is 2.47. The van der Waals surface area contributed by atoms with Crippen molar-refractivity contribution in [2.24, 2.45) is 5.92 Å². The minimum atomic E-state index is 0.0356. The van der Waals surface area contributed by atoms with Crippen molar-refractivity contribution >= 4 is 5.91 Å². The molecule has 0 unspecified atom stereocenters. The molecule has 6 heteroatoms. The van der Waals surface area contributed by atoms with Gasteiger partial charge in [-0.25, -0.2) is 9.97 Å². The average Bonchev–Trinajstić information content (AvgIpc) is 3.47. The van der Waals surface area contributed by atoms with E-state index in [0.29, 0.717) is 19.0 Å². The van der Waals surface area contributed by atoms with Gasteiger partial charge in [-0.05, 0) is 24.0 Å². The minimum Gasteiger partial charge on any atom is -0.496 e. The van der Waals surface area contributed by atoms with Crippen LogP contribution in [0.2, 0.25) is 0 Å². The van der Waals surface area contributed by atoms with Crippen molar-refractivity contribution in [1.29, 1.82) is 0 Å². The SMILES string of the molecule is COc1ccccc1[C@@H]1C[C@H]1C(=O)N1CCc2ncnc(OC)c2C1. The Morgan fingerprint density at radius 3 is 2.84 bits per heavy atom. The largest absolute Gasteiger partial charge is 0.496 e. The number of rotatable bonds is 4. The van der Waals surface area contributed by atoms with Gasteiger partial charge in [0.15, 0.2) is 0 Å². The first kappa shape index (κ1) is 15.9. The van der Waals surface area contributed by atoms with Crippen molar-refractivity contribution in [2.45, 2.75) is 25.3 Å². The highest BCUT2D eigenvalue weighted by Crippen LogP contribution is 2.51. The Hall–Kier alpha value is -2.63. The van der Waals surface area contributed by atoms with Crippen molar-refractivity contribution in [3.63, 3.8) is 0 Å². The van der Waals surface area contributed by atoms with Crippen LogP contribution in [-0.2, 0) is 17.8 Å². The molecular formula is C19H21N3O3. The van der Waals surface area contributed by atoms with Crippen molar-refractivity contribution < 1.29 is 14.3 Å². The van der Waals surface area contributed by atoms with Crippen LogP contribution in [0, 0.1) is 5.92 Å². The van der Waals surface area contributed by atoms with Gasteiger partial charge in [0.25, 0.3) is 0 Å². The van der Waals surface area contributed by atoms with Crippen LogP contribution in [0.4, 0.5) is 0 Å². The lowest BCUT2D eigenvalue weighted by atomic mass is 10.0. The predicted molar refractivity (Wildman–Crippen MR) is 91.5 cm³/mol. The third kappa shape index (κ3) is 2.81. The predicted octanol–water partition coefficient (Wildman–Crippen LogP) is 2.18. The van der Waals surface area contributed by atoms with E-state index in [-0.39, 0.29) is 17.7 Å². The Bertz CT molecular complexity index is 794. The quantitative estimate of drug-likeness (QED) is 0.854. The summed E-state index contributed by atoms with van der Waals surface area (Å²) in [6, 6.07) is 7.96. The number of hydrogen-bond acceptors (Lipinski definition) is 5. The molecule has 1 fully saturated rings. The van der Waals surface area contributed by atoms with Gasteiger partial charge >= 0.3 is 0 Å². The van der Waals surface area contributed by atoms with Crippen LogP contribution in [0.15, 0.2) is 30.6 Å². The number of hydrogen-bond donors (Lipinski definition) is 0. The maximum absolute atomic E-state index is 13.0. The van der Waals surface area contributed by atoms with Gasteiger partial charge in [-0.15, -0.1) is 0 Å². The molecule has 2 aliphatic rings. The van der Waals surface area contributed by atoms with Gasteiger partial charge in [-0.2, -0.15) is 0 Å². The molecule has 1 amide bonds. The molecule has 1 aliphatic heterocycles. The first-order chi connectivity index (χ1) is 12.2. The molecule has 0 bridgehead atoms. The first-order valence-corrected chi connectivity index (χ1v) is 8.51. The van der Waals surface area contributed by atoms with Crippen molar-refractivity contribution in [2.75, 3.05) is 20.8 Å². The van der Waals surface area contributed by atoms with E-state index in [4.69, 9.17) is 9.47 Å².